The molecule has 2 aromatic rings. The third-order valence-corrected chi connectivity index (χ3v) is 6.07. The number of halogens is 1. The molecule has 164 valence electrons. The molecule has 0 bridgehead atoms. The van der Waals surface area contributed by atoms with Crippen molar-refractivity contribution < 1.29 is 27.1 Å². The molecule has 0 atom stereocenters. The van der Waals surface area contributed by atoms with E-state index in [0.717, 1.165) is 27.6 Å². The van der Waals surface area contributed by atoms with Crippen molar-refractivity contribution in [3.05, 3.63) is 65.0 Å². The molecule has 0 spiro atoms. The summed E-state index contributed by atoms with van der Waals surface area (Å²) in [7, 11) is -1.39. The summed E-state index contributed by atoms with van der Waals surface area (Å²) in [4.78, 5) is 11.9. The van der Waals surface area contributed by atoms with Crippen molar-refractivity contribution in [3.63, 3.8) is 0 Å². The van der Waals surface area contributed by atoms with E-state index in [0.29, 0.717) is 26.4 Å². The predicted octanol–water partition coefficient (Wildman–Crippen LogP) is 2.56. The highest BCUT2D eigenvalue weighted by Gasteiger charge is 2.23. The van der Waals surface area contributed by atoms with Crippen molar-refractivity contribution in [1.82, 2.24) is 9.62 Å². The van der Waals surface area contributed by atoms with Gasteiger partial charge in [-0.2, -0.15) is 0 Å². The Balaban J connectivity index is 2.00. The third-order valence-electron chi connectivity index (χ3n) is 4.24. The molecule has 1 amide bonds. The van der Waals surface area contributed by atoms with Gasteiger partial charge >= 0.3 is 0 Å². The first-order chi connectivity index (χ1) is 14.3. The molecule has 2 aromatic carbocycles. The molecular formula is C21H27FN2O5S. The van der Waals surface area contributed by atoms with Gasteiger partial charge in [0.25, 0.3) is 5.91 Å². The first-order valence-electron chi connectivity index (χ1n) is 9.49. The Kier molecular flexibility index (Phi) is 8.91. The minimum Gasteiger partial charge on any atom is -0.379 e. The number of carbonyl (C=O) groups excluding carboxylic acids is 1. The first kappa shape index (κ1) is 23.9. The van der Waals surface area contributed by atoms with Gasteiger partial charge in [0, 0.05) is 32.8 Å². The van der Waals surface area contributed by atoms with Gasteiger partial charge in [0.15, 0.2) is 0 Å². The number of benzene rings is 2. The minimum atomic E-state index is -4.00. The lowest BCUT2D eigenvalue weighted by Crippen LogP contribution is -2.26. The Hall–Kier alpha value is -2.33. The number of amides is 1. The van der Waals surface area contributed by atoms with E-state index in [1.165, 1.54) is 20.2 Å². The van der Waals surface area contributed by atoms with Gasteiger partial charge in [-0.15, -0.1) is 0 Å². The molecule has 0 heterocycles. The highest BCUT2D eigenvalue weighted by molar-refractivity contribution is 7.89. The van der Waals surface area contributed by atoms with Crippen LogP contribution in [-0.2, 0) is 32.6 Å². The summed E-state index contributed by atoms with van der Waals surface area (Å²) in [5.41, 5.74) is 1.88. The molecule has 0 radical (unpaired) electrons. The lowest BCUT2D eigenvalue weighted by molar-refractivity contribution is 0.0453. The molecule has 0 unspecified atom stereocenters. The van der Waals surface area contributed by atoms with Crippen LogP contribution in [0.4, 0.5) is 4.39 Å². The maximum atomic E-state index is 14.0. The molecule has 0 saturated carbocycles. The van der Waals surface area contributed by atoms with E-state index in [2.05, 4.69) is 5.32 Å². The molecule has 2 rings (SSSR count). The van der Waals surface area contributed by atoms with Gasteiger partial charge < -0.3 is 14.8 Å². The second-order valence-corrected chi connectivity index (χ2v) is 8.81. The molecule has 9 heteroatoms. The van der Waals surface area contributed by atoms with Crippen LogP contribution in [0.15, 0.2) is 47.4 Å². The van der Waals surface area contributed by atoms with Crippen LogP contribution in [0.1, 0.15) is 28.4 Å². The van der Waals surface area contributed by atoms with Gasteiger partial charge in [-0.25, -0.2) is 17.1 Å². The summed E-state index contributed by atoms with van der Waals surface area (Å²) in [5.74, 6) is -1.40. The molecular weight excluding hydrogens is 411 g/mol. The fourth-order valence-corrected chi connectivity index (χ4v) is 3.59. The number of nitrogens with zero attached hydrogens (tertiary/aromatic N) is 1. The zero-order valence-corrected chi connectivity index (χ0v) is 18.2. The van der Waals surface area contributed by atoms with Crippen molar-refractivity contribution in [2.45, 2.75) is 25.0 Å². The number of nitrogens with one attached hydrogen (secondary N) is 1. The average molecular weight is 439 g/mol. The van der Waals surface area contributed by atoms with E-state index in [9.17, 15) is 17.6 Å². The van der Waals surface area contributed by atoms with E-state index < -0.39 is 26.6 Å². The highest BCUT2D eigenvalue weighted by atomic mass is 32.2. The third kappa shape index (κ3) is 6.60. The molecule has 30 heavy (non-hydrogen) atoms. The largest absolute Gasteiger partial charge is 0.379 e. The average Bonchev–Trinajstić information content (AvgIpc) is 2.72. The zero-order valence-electron chi connectivity index (χ0n) is 17.4. The van der Waals surface area contributed by atoms with Crippen LogP contribution in [0.2, 0.25) is 0 Å². The summed E-state index contributed by atoms with van der Waals surface area (Å²) in [5, 5.41) is 2.72. The summed E-state index contributed by atoms with van der Waals surface area (Å²) in [6.07, 6.45) is 0. The summed E-state index contributed by atoms with van der Waals surface area (Å²) in [6, 6.07) is 10.8. The van der Waals surface area contributed by atoms with Crippen LogP contribution < -0.4 is 5.32 Å². The number of carbonyl (C=O) groups is 1. The van der Waals surface area contributed by atoms with Crippen LogP contribution in [0, 0.1) is 5.82 Å². The Morgan fingerprint density at radius 1 is 1.07 bits per heavy atom. The molecule has 0 aliphatic carbocycles. The Morgan fingerprint density at radius 2 is 1.77 bits per heavy atom. The number of sulfonamides is 1. The summed E-state index contributed by atoms with van der Waals surface area (Å²) in [6.45, 7) is 4.27. The molecule has 0 saturated heterocycles. The fourth-order valence-electron chi connectivity index (χ4n) is 2.60. The lowest BCUT2D eigenvalue weighted by atomic mass is 10.1. The van der Waals surface area contributed by atoms with E-state index in [-0.39, 0.29) is 12.1 Å². The molecule has 0 fully saturated rings. The van der Waals surface area contributed by atoms with Gasteiger partial charge in [0.2, 0.25) is 10.0 Å². The lowest BCUT2D eigenvalue weighted by Gasteiger charge is -2.13. The van der Waals surface area contributed by atoms with Gasteiger partial charge in [-0.05, 0) is 36.2 Å². The van der Waals surface area contributed by atoms with Crippen LogP contribution >= 0.6 is 0 Å². The molecule has 0 aromatic heterocycles. The van der Waals surface area contributed by atoms with Gasteiger partial charge in [-0.3, -0.25) is 4.79 Å². The molecule has 0 aliphatic heterocycles. The van der Waals surface area contributed by atoms with E-state index >= 15 is 0 Å². The summed E-state index contributed by atoms with van der Waals surface area (Å²) < 4.78 is 50.1. The van der Waals surface area contributed by atoms with Crippen molar-refractivity contribution in [2.75, 3.05) is 33.9 Å². The van der Waals surface area contributed by atoms with E-state index in [1.807, 2.05) is 31.2 Å². The van der Waals surface area contributed by atoms with Crippen LogP contribution in [0.5, 0.6) is 0 Å². The van der Waals surface area contributed by atoms with Gasteiger partial charge in [0.05, 0.1) is 19.8 Å². The molecule has 7 nitrogen and oxygen atoms in total. The SMILES string of the molecule is CCOCCOCc1cccc(CNC(=O)c2ccc(F)c(S(=O)(=O)N(C)C)c2)c1. The monoisotopic (exact) mass is 438 g/mol. The normalized spacial score (nSPS) is 11.6. The number of ether oxygens (including phenoxy) is 2. The van der Waals surface area contributed by atoms with Crippen molar-refractivity contribution in [3.8, 4) is 0 Å². The maximum absolute atomic E-state index is 14.0. The topological polar surface area (TPSA) is 84.9 Å². The first-order valence-corrected chi connectivity index (χ1v) is 10.9. The van der Waals surface area contributed by atoms with Crippen molar-refractivity contribution in [2.24, 2.45) is 0 Å². The predicted molar refractivity (Wildman–Crippen MR) is 111 cm³/mol. The fraction of sp³-hybridized carbons (Fsp3) is 0.381. The minimum absolute atomic E-state index is 0.0623. The zero-order chi connectivity index (χ0) is 22.1. The van der Waals surface area contributed by atoms with Gasteiger partial charge in [-0.1, -0.05) is 24.3 Å². The van der Waals surface area contributed by atoms with E-state index in [4.69, 9.17) is 9.47 Å². The standard InChI is InChI=1S/C21H27FN2O5S/c1-4-28-10-11-29-15-17-7-5-6-16(12-17)14-23-21(25)18-8-9-19(22)20(13-18)30(26,27)24(2)3/h5-9,12-13H,4,10-11,14-15H2,1-3H3,(H,23,25). The molecule has 0 aliphatic rings. The second kappa shape index (κ2) is 11.2. The van der Waals surface area contributed by atoms with Gasteiger partial charge in [0.1, 0.15) is 10.7 Å². The maximum Gasteiger partial charge on any atom is 0.251 e. The Labute approximate surface area is 176 Å². The van der Waals surface area contributed by atoms with E-state index in [1.54, 1.807) is 0 Å². The number of hydrogen-bond donors (Lipinski definition) is 1. The van der Waals surface area contributed by atoms with Crippen LogP contribution in [-0.4, -0.2) is 52.5 Å². The summed E-state index contributed by atoms with van der Waals surface area (Å²) >= 11 is 0. The van der Waals surface area contributed by atoms with Crippen LogP contribution in [0.3, 0.4) is 0 Å². The highest BCUT2D eigenvalue weighted by Crippen LogP contribution is 2.19. The molecule has 1 N–H and O–H groups in total. The van der Waals surface area contributed by atoms with Crippen molar-refractivity contribution >= 4 is 15.9 Å². The second-order valence-electron chi connectivity index (χ2n) is 6.68. The quantitative estimate of drug-likeness (QED) is 0.545. The van der Waals surface area contributed by atoms with Crippen molar-refractivity contribution in [1.29, 1.82) is 0 Å². The Morgan fingerprint density at radius 3 is 2.47 bits per heavy atom. The Bertz CT molecular complexity index is 964. The number of rotatable bonds is 11. The van der Waals surface area contributed by atoms with Crippen LogP contribution in [0.25, 0.3) is 0 Å². The smallest absolute Gasteiger partial charge is 0.251 e. The number of hydrogen-bond acceptors (Lipinski definition) is 5.